The minimum Gasteiger partial charge on any atom is -0.484 e. The fraction of sp³-hybridized carbons (Fsp3) is 0.409. The summed E-state index contributed by atoms with van der Waals surface area (Å²) in [6.07, 6.45) is 0. The summed E-state index contributed by atoms with van der Waals surface area (Å²) in [4.78, 5) is 15.9. The van der Waals surface area contributed by atoms with Crippen molar-refractivity contribution in [2.75, 3.05) is 46.4 Å². The molecule has 1 fully saturated rings. The van der Waals surface area contributed by atoms with E-state index in [0.717, 1.165) is 38.3 Å². The molecule has 1 N–H and O–H groups in total. The maximum atomic E-state index is 12.8. The summed E-state index contributed by atoms with van der Waals surface area (Å²) in [7, 11) is -2.05. The van der Waals surface area contributed by atoms with Crippen LogP contribution in [0.5, 0.6) is 5.75 Å². The first-order valence-corrected chi connectivity index (χ1v) is 11.7. The van der Waals surface area contributed by atoms with Gasteiger partial charge in [0.25, 0.3) is 5.91 Å². The molecular formula is C22H30N3O4S+. The second-order valence-corrected chi connectivity index (χ2v) is 9.54. The normalized spacial score (nSPS) is 15.4. The Morgan fingerprint density at radius 1 is 1.07 bits per heavy atom. The minimum atomic E-state index is -3.61. The van der Waals surface area contributed by atoms with Crippen LogP contribution in [-0.2, 0) is 21.4 Å². The van der Waals surface area contributed by atoms with Crippen LogP contribution in [0.4, 0.5) is 0 Å². The van der Waals surface area contributed by atoms with Crippen LogP contribution in [-0.4, -0.2) is 69.9 Å². The summed E-state index contributed by atoms with van der Waals surface area (Å²) in [6, 6.07) is 15.7. The molecule has 7 nitrogen and oxygen atoms in total. The molecule has 3 rings (SSSR count). The summed E-state index contributed by atoms with van der Waals surface area (Å²) in [5, 5.41) is 0. The van der Waals surface area contributed by atoms with Gasteiger partial charge in [-0.1, -0.05) is 30.3 Å². The predicted octanol–water partition coefficient (Wildman–Crippen LogP) is 0.633. The van der Waals surface area contributed by atoms with Crippen LogP contribution in [0, 0.1) is 0 Å². The number of hydrogen-bond donors (Lipinski definition) is 1. The SMILES string of the molecule is CC[NH+]1CCN(C(=O)COc2ccc(S(=O)(=O)N(C)Cc3ccccc3)cc2)CC1. The van der Waals surface area contributed by atoms with Gasteiger partial charge in [0.1, 0.15) is 5.75 Å². The maximum Gasteiger partial charge on any atom is 0.260 e. The summed E-state index contributed by atoms with van der Waals surface area (Å²) in [6.45, 7) is 6.90. The van der Waals surface area contributed by atoms with Crippen molar-refractivity contribution in [1.29, 1.82) is 0 Å². The molecular weight excluding hydrogens is 402 g/mol. The van der Waals surface area contributed by atoms with E-state index < -0.39 is 10.0 Å². The molecule has 2 aromatic rings. The fourth-order valence-electron chi connectivity index (χ4n) is 3.48. The van der Waals surface area contributed by atoms with Crippen LogP contribution in [0.1, 0.15) is 12.5 Å². The number of sulfonamides is 1. The fourth-order valence-corrected chi connectivity index (χ4v) is 4.63. The zero-order valence-corrected chi connectivity index (χ0v) is 18.4. The number of nitrogens with zero attached hydrogens (tertiary/aromatic N) is 2. The third-order valence-electron chi connectivity index (χ3n) is 5.47. The highest BCUT2D eigenvalue weighted by Crippen LogP contribution is 2.20. The van der Waals surface area contributed by atoms with Crippen molar-refractivity contribution in [3.63, 3.8) is 0 Å². The van der Waals surface area contributed by atoms with E-state index in [4.69, 9.17) is 4.74 Å². The number of benzene rings is 2. The van der Waals surface area contributed by atoms with Crippen LogP contribution in [0.25, 0.3) is 0 Å². The van der Waals surface area contributed by atoms with E-state index in [9.17, 15) is 13.2 Å². The number of quaternary nitrogens is 1. The Morgan fingerprint density at radius 2 is 1.70 bits per heavy atom. The zero-order valence-electron chi connectivity index (χ0n) is 17.6. The molecule has 1 aliphatic heterocycles. The van der Waals surface area contributed by atoms with E-state index >= 15 is 0 Å². The summed E-state index contributed by atoms with van der Waals surface area (Å²) in [5.41, 5.74) is 0.920. The Balaban J connectivity index is 1.54. The van der Waals surface area contributed by atoms with Crippen LogP contribution in [0.3, 0.4) is 0 Å². The van der Waals surface area contributed by atoms with Gasteiger partial charge in [0.15, 0.2) is 6.61 Å². The second-order valence-electron chi connectivity index (χ2n) is 7.49. The first-order chi connectivity index (χ1) is 14.4. The van der Waals surface area contributed by atoms with Crippen molar-refractivity contribution < 1.29 is 22.8 Å². The Hall–Kier alpha value is -2.42. The standard InChI is InChI=1S/C22H29N3O4S/c1-3-24-13-15-25(16-14-24)22(26)18-29-20-9-11-21(12-10-20)30(27,28)23(2)17-19-7-5-4-6-8-19/h4-12H,3,13-18H2,1-2H3/p+1. The lowest BCUT2D eigenvalue weighted by Gasteiger charge is -2.31. The molecule has 0 aromatic heterocycles. The number of nitrogens with one attached hydrogen (secondary N) is 1. The van der Waals surface area contributed by atoms with Gasteiger partial charge in [0.2, 0.25) is 10.0 Å². The smallest absolute Gasteiger partial charge is 0.260 e. The summed E-state index contributed by atoms with van der Waals surface area (Å²) < 4.78 is 32.5. The third kappa shape index (κ3) is 5.59. The third-order valence-corrected chi connectivity index (χ3v) is 7.28. The molecule has 162 valence electrons. The molecule has 0 atom stereocenters. The number of ether oxygens (including phenoxy) is 1. The van der Waals surface area contributed by atoms with Crippen LogP contribution < -0.4 is 9.64 Å². The monoisotopic (exact) mass is 432 g/mol. The Labute approximate surface area is 178 Å². The van der Waals surface area contributed by atoms with Crippen molar-refractivity contribution in [2.24, 2.45) is 0 Å². The van der Waals surface area contributed by atoms with Crippen LogP contribution in [0.2, 0.25) is 0 Å². The molecule has 1 amide bonds. The van der Waals surface area contributed by atoms with Crippen LogP contribution >= 0.6 is 0 Å². The van der Waals surface area contributed by atoms with Crippen molar-refractivity contribution in [3.05, 3.63) is 60.2 Å². The van der Waals surface area contributed by atoms with E-state index in [1.165, 1.54) is 21.3 Å². The molecule has 0 saturated carbocycles. The first kappa shape index (κ1) is 22.3. The topological polar surface area (TPSA) is 71.4 Å². The number of carbonyl (C=O) groups is 1. The van der Waals surface area contributed by atoms with Gasteiger partial charge >= 0.3 is 0 Å². The molecule has 1 saturated heterocycles. The van der Waals surface area contributed by atoms with Crippen molar-refractivity contribution in [3.8, 4) is 5.75 Å². The lowest BCUT2D eigenvalue weighted by molar-refractivity contribution is -0.902. The first-order valence-electron chi connectivity index (χ1n) is 10.2. The molecule has 30 heavy (non-hydrogen) atoms. The molecule has 0 spiro atoms. The Kier molecular flexibility index (Phi) is 7.47. The van der Waals surface area contributed by atoms with Gasteiger partial charge in [-0.05, 0) is 36.8 Å². The molecule has 0 bridgehead atoms. The highest BCUT2D eigenvalue weighted by atomic mass is 32.2. The van der Waals surface area contributed by atoms with Crippen molar-refractivity contribution in [1.82, 2.24) is 9.21 Å². The van der Waals surface area contributed by atoms with E-state index in [2.05, 4.69) is 6.92 Å². The Bertz CT molecular complexity index is 925. The summed E-state index contributed by atoms with van der Waals surface area (Å²) >= 11 is 0. The average molecular weight is 433 g/mol. The lowest BCUT2D eigenvalue weighted by atomic mass is 10.2. The van der Waals surface area contributed by atoms with E-state index in [0.29, 0.717) is 12.3 Å². The van der Waals surface area contributed by atoms with Gasteiger partial charge in [-0.15, -0.1) is 0 Å². The molecule has 0 radical (unpaired) electrons. The van der Waals surface area contributed by atoms with Gasteiger partial charge in [-0.3, -0.25) is 4.79 Å². The molecule has 1 heterocycles. The van der Waals surface area contributed by atoms with Gasteiger partial charge < -0.3 is 14.5 Å². The quantitative estimate of drug-likeness (QED) is 0.664. The second kappa shape index (κ2) is 10.1. The van der Waals surface area contributed by atoms with Crippen LogP contribution in [0.15, 0.2) is 59.5 Å². The largest absolute Gasteiger partial charge is 0.484 e. The maximum absolute atomic E-state index is 12.8. The molecule has 2 aromatic carbocycles. The van der Waals surface area contributed by atoms with E-state index in [1.807, 2.05) is 35.2 Å². The number of rotatable bonds is 8. The van der Waals surface area contributed by atoms with Crippen molar-refractivity contribution in [2.45, 2.75) is 18.4 Å². The number of hydrogen-bond acceptors (Lipinski definition) is 4. The van der Waals surface area contributed by atoms with Gasteiger partial charge in [-0.25, -0.2) is 8.42 Å². The van der Waals surface area contributed by atoms with Gasteiger partial charge in [-0.2, -0.15) is 4.31 Å². The lowest BCUT2D eigenvalue weighted by Crippen LogP contribution is -3.14. The number of likely N-dealkylation sites (N-methyl/N-ethyl adjacent to an activating group) is 1. The average Bonchev–Trinajstić information content (AvgIpc) is 2.78. The summed E-state index contributed by atoms with van der Waals surface area (Å²) in [5.74, 6) is 0.440. The minimum absolute atomic E-state index is 0.0376. The van der Waals surface area contributed by atoms with Gasteiger partial charge in [0, 0.05) is 13.6 Å². The van der Waals surface area contributed by atoms with Crippen molar-refractivity contribution >= 4 is 15.9 Å². The molecule has 1 aliphatic rings. The molecule has 0 aliphatic carbocycles. The molecule has 0 unspecified atom stereocenters. The van der Waals surface area contributed by atoms with Gasteiger partial charge in [0.05, 0.1) is 37.6 Å². The Morgan fingerprint density at radius 3 is 2.30 bits per heavy atom. The molecule has 8 heteroatoms. The highest BCUT2D eigenvalue weighted by molar-refractivity contribution is 7.89. The van der Waals surface area contributed by atoms with E-state index in [1.54, 1.807) is 19.2 Å². The van der Waals surface area contributed by atoms with E-state index in [-0.39, 0.29) is 17.4 Å². The number of piperazine rings is 1. The highest BCUT2D eigenvalue weighted by Gasteiger charge is 2.23. The number of amides is 1. The zero-order chi connectivity index (χ0) is 21.6. The predicted molar refractivity (Wildman–Crippen MR) is 115 cm³/mol. The number of carbonyl (C=O) groups excluding carboxylic acids is 1.